The molecule has 0 bridgehead atoms. The number of H-pyrrole nitrogens is 1. The molecule has 0 atom stereocenters. The van der Waals surface area contributed by atoms with Crippen molar-refractivity contribution < 1.29 is 0 Å². The van der Waals surface area contributed by atoms with E-state index >= 15 is 0 Å². The lowest BCUT2D eigenvalue weighted by Crippen LogP contribution is -2.08. The summed E-state index contributed by atoms with van der Waals surface area (Å²) in [4.78, 5) is 13.1. The number of hydrogen-bond donors (Lipinski definition) is 1. The summed E-state index contributed by atoms with van der Waals surface area (Å²) >= 11 is 0. The van der Waals surface area contributed by atoms with E-state index in [1.807, 2.05) is 43.3 Å². The van der Waals surface area contributed by atoms with E-state index in [9.17, 15) is 4.79 Å². The van der Waals surface area contributed by atoms with Crippen molar-refractivity contribution in [3.63, 3.8) is 0 Å². The van der Waals surface area contributed by atoms with Crippen LogP contribution in [-0.4, -0.2) is 24.3 Å². The molecular weight excluding hydrogens is 202 g/mol. The Kier molecular flexibility index (Phi) is 2.72. The van der Waals surface area contributed by atoms with Crippen LogP contribution in [0.15, 0.2) is 41.3 Å². The average Bonchev–Trinajstić information content (AvgIpc) is 2.29. The number of aromatic nitrogens is 2. The molecule has 4 nitrogen and oxygen atoms in total. The summed E-state index contributed by atoms with van der Waals surface area (Å²) in [5.74, 6) is 0. The lowest BCUT2D eigenvalue weighted by Gasteiger charge is -2.12. The number of rotatable bonds is 2. The maximum Gasteiger partial charge on any atom is 0.264 e. The second-order valence-corrected chi connectivity index (χ2v) is 3.78. The third-order valence-electron chi connectivity index (χ3n) is 2.38. The van der Waals surface area contributed by atoms with Crippen molar-refractivity contribution in [3.8, 4) is 11.1 Å². The Morgan fingerprint density at radius 3 is 2.38 bits per heavy atom. The zero-order chi connectivity index (χ0) is 11.5. The minimum atomic E-state index is -0.186. The van der Waals surface area contributed by atoms with Crippen LogP contribution in [0.1, 0.15) is 0 Å². The third-order valence-corrected chi connectivity index (χ3v) is 2.38. The van der Waals surface area contributed by atoms with Gasteiger partial charge in [0.1, 0.15) is 0 Å². The van der Waals surface area contributed by atoms with Crippen LogP contribution >= 0.6 is 0 Å². The van der Waals surface area contributed by atoms with Gasteiger partial charge >= 0.3 is 0 Å². The highest BCUT2D eigenvalue weighted by Gasteiger charge is 2.00. The Bertz CT molecular complexity index is 528. The molecule has 1 aromatic carbocycles. The van der Waals surface area contributed by atoms with Crippen LogP contribution in [0.4, 0.5) is 5.69 Å². The summed E-state index contributed by atoms with van der Waals surface area (Å²) in [5, 5.41) is 6.13. The molecule has 0 aliphatic heterocycles. The predicted molar refractivity (Wildman–Crippen MR) is 64.6 cm³/mol. The van der Waals surface area contributed by atoms with Crippen molar-refractivity contribution in [2.75, 3.05) is 19.0 Å². The van der Waals surface area contributed by atoms with Crippen LogP contribution in [0.2, 0.25) is 0 Å². The van der Waals surface area contributed by atoms with Gasteiger partial charge in [-0.05, 0) is 17.7 Å². The molecule has 0 amide bonds. The quantitative estimate of drug-likeness (QED) is 0.826. The van der Waals surface area contributed by atoms with Gasteiger partial charge in [0.25, 0.3) is 5.56 Å². The van der Waals surface area contributed by atoms with E-state index in [0.717, 1.165) is 16.8 Å². The molecule has 2 aromatic rings. The minimum absolute atomic E-state index is 0.186. The van der Waals surface area contributed by atoms with E-state index in [2.05, 4.69) is 10.2 Å². The van der Waals surface area contributed by atoms with E-state index in [4.69, 9.17) is 0 Å². The Hall–Kier alpha value is -2.10. The van der Waals surface area contributed by atoms with Crippen molar-refractivity contribution in [1.82, 2.24) is 10.2 Å². The SMILES string of the molecule is CN(C)c1ccc(-c2cn[nH]c(=O)c2)cc1. The zero-order valence-electron chi connectivity index (χ0n) is 9.27. The van der Waals surface area contributed by atoms with Gasteiger partial charge in [0, 0.05) is 31.4 Å². The second-order valence-electron chi connectivity index (χ2n) is 3.78. The molecule has 1 aromatic heterocycles. The Morgan fingerprint density at radius 1 is 1.12 bits per heavy atom. The molecule has 4 heteroatoms. The molecule has 0 unspecified atom stereocenters. The predicted octanol–water partition coefficient (Wildman–Crippen LogP) is 1.50. The molecule has 0 spiro atoms. The van der Waals surface area contributed by atoms with E-state index in [1.165, 1.54) is 6.07 Å². The first-order valence-corrected chi connectivity index (χ1v) is 4.99. The normalized spacial score (nSPS) is 10.1. The van der Waals surface area contributed by atoms with Crippen molar-refractivity contribution in [2.45, 2.75) is 0 Å². The van der Waals surface area contributed by atoms with Crippen LogP contribution in [0, 0.1) is 0 Å². The third kappa shape index (κ3) is 2.11. The number of nitrogens with zero attached hydrogens (tertiary/aromatic N) is 2. The fourth-order valence-electron chi connectivity index (χ4n) is 1.49. The number of benzene rings is 1. The number of anilines is 1. The van der Waals surface area contributed by atoms with Gasteiger partial charge in [-0.3, -0.25) is 4.79 Å². The first kappa shape index (κ1) is 10.4. The number of nitrogens with one attached hydrogen (secondary N) is 1. The average molecular weight is 215 g/mol. The summed E-state index contributed by atoms with van der Waals surface area (Å²) < 4.78 is 0. The van der Waals surface area contributed by atoms with Crippen molar-refractivity contribution in [2.24, 2.45) is 0 Å². The first-order chi connectivity index (χ1) is 7.66. The number of hydrogen-bond acceptors (Lipinski definition) is 3. The molecule has 0 radical (unpaired) electrons. The molecule has 1 heterocycles. The Balaban J connectivity index is 2.38. The molecule has 82 valence electrons. The highest BCUT2D eigenvalue weighted by atomic mass is 16.1. The smallest absolute Gasteiger partial charge is 0.264 e. The lowest BCUT2D eigenvalue weighted by atomic mass is 10.1. The summed E-state index contributed by atoms with van der Waals surface area (Å²) in [7, 11) is 3.98. The monoisotopic (exact) mass is 215 g/mol. The Labute approximate surface area is 93.5 Å². The van der Waals surface area contributed by atoms with Crippen LogP contribution in [0.25, 0.3) is 11.1 Å². The zero-order valence-corrected chi connectivity index (χ0v) is 9.27. The van der Waals surface area contributed by atoms with Crippen molar-refractivity contribution in [3.05, 3.63) is 46.9 Å². The molecule has 0 fully saturated rings. The van der Waals surface area contributed by atoms with Gasteiger partial charge < -0.3 is 4.90 Å². The standard InChI is InChI=1S/C12H13N3O/c1-15(2)11-5-3-9(4-6-11)10-7-12(16)14-13-8-10/h3-8H,1-2H3,(H,14,16). The van der Waals surface area contributed by atoms with Gasteiger partial charge in [-0.25, -0.2) is 5.10 Å². The molecule has 16 heavy (non-hydrogen) atoms. The summed E-state index contributed by atoms with van der Waals surface area (Å²) in [6.07, 6.45) is 1.64. The maximum atomic E-state index is 11.1. The van der Waals surface area contributed by atoms with E-state index in [1.54, 1.807) is 6.20 Å². The van der Waals surface area contributed by atoms with Crippen LogP contribution in [0.3, 0.4) is 0 Å². The van der Waals surface area contributed by atoms with Gasteiger partial charge in [0.2, 0.25) is 0 Å². The van der Waals surface area contributed by atoms with Crippen molar-refractivity contribution in [1.29, 1.82) is 0 Å². The summed E-state index contributed by atoms with van der Waals surface area (Å²) in [6.45, 7) is 0. The number of aromatic amines is 1. The van der Waals surface area contributed by atoms with Crippen molar-refractivity contribution >= 4 is 5.69 Å². The maximum absolute atomic E-state index is 11.1. The van der Waals surface area contributed by atoms with Gasteiger partial charge in [-0.15, -0.1) is 0 Å². The highest BCUT2D eigenvalue weighted by molar-refractivity contribution is 5.64. The van der Waals surface area contributed by atoms with E-state index in [0.29, 0.717) is 0 Å². The molecule has 0 saturated heterocycles. The van der Waals surface area contributed by atoms with Gasteiger partial charge in [-0.2, -0.15) is 5.10 Å². The molecule has 0 aliphatic rings. The molecule has 1 N–H and O–H groups in total. The van der Waals surface area contributed by atoms with Gasteiger partial charge in [0.15, 0.2) is 0 Å². The topological polar surface area (TPSA) is 49.0 Å². The molecule has 0 aliphatic carbocycles. The largest absolute Gasteiger partial charge is 0.378 e. The summed E-state index contributed by atoms with van der Waals surface area (Å²) in [6, 6.07) is 9.52. The lowest BCUT2D eigenvalue weighted by molar-refractivity contribution is 0.991. The van der Waals surface area contributed by atoms with Crippen LogP contribution < -0.4 is 10.5 Å². The fourth-order valence-corrected chi connectivity index (χ4v) is 1.49. The van der Waals surface area contributed by atoms with Gasteiger partial charge in [0.05, 0.1) is 6.20 Å². The van der Waals surface area contributed by atoms with E-state index in [-0.39, 0.29) is 5.56 Å². The highest BCUT2D eigenvalue weighted by Crippen LogP contribution is 2.20. The second kappa shape index (κ2) is 4.18. The molecule has 2 rings (SSSR count). The Morgan fingerprint density at radius 2 is 1.81 bits per heavy atom. The minimum Gasteiger partial charge on any atom is -0.378 e. The summed E-state index contributed by atoms with van der Waals surface area (Å²) in [5.41, 5.74) is 2.76. The van der Waals surface area contributed by atoms with Crippen LogP contribution in [-0.2, 0) is 0 Å². The van der Waals surface area contributed by atoms with Crippen LogP contribution in [0.5, 0.6) is 0 Å². The molecular formula is C12H13N3O. The van der Waals surface area contributed by atoms with Gasteiger partial charge in [-0.1, -0.05) is 12.1 Å². The molecule has 0 saturated carbocycles. The first-order valence-electron chi connectivity index (χ1n) is 4.99. The fraction of sp³-hybridized carbons (Fsp3) is 0.167. The van der Waals surface area contributed by atoms with E-state index < -0.39 is 0 Å².